The van der Waals surface area contributed by atoms with Crippen molar-refractivity contribution in [1.29, 1.82) is 0 Å². The fourth-order valence-corrected chi connectivity index (χ4v) is 3.51. The molecule has 0 saturated heterocycles. The van der Waals surface area contributed by atoms with Gasteiger partial charge in [-0.25, -0.2) is 0 Å². The first-order valence-electron chi connectivity index (χ1n) is 7.73. The largest absolute Gasteiger partial charge is 0.0614 e. The summed E-state index contributed by atoms with van der Waals surface area (Å²) in [7, 11) is 0. The van der Waals surface area contributed by atoms with E-state index in [9.17, 15) is 0 Å². The molecule has 0 atom stereocenters. The Morgan fingerprint density at radius 2 is 0.818 bits per heavy atom. The van der Waals surface area contributed by atoms with Gasteiger partial charge in [0.05, 0.1) is 0 Å². The SMILES string of the molecule is Cc1cccc2cccc(-c3cccc4cccc(C)c34)c12. The van der Waals surface area contributed by atoms with Gasteiger partial charge in [0.15, 0.2) is 0 Å². The number of rotatable bonds is 1. The van der Waals surface area contributed by atoms with Gasteiger partial charge in [-0.3, -0.25) is 0 Å². The van der Waals surface area contributed by atoms with E-state index in [0.717, 1.165) is 0 Å². The molecular formula is C22H18. The second kappa shape index (κ2) is 4.99. The number of hydrogen-bond acceptors (Lipinski definition) is 0. The third-order valence-corrected chi connectivity index (χ3v) is 4.52. The van der Waals surface area contributed by atoms with E-state index in [1.165, 1.54) is 43.8 Å². The van der Waals surface area contributed by atoms with Gasteiger partial charge in [-0.05, 0) is 57.6 Å². The van der Waals surface area contributed by atoms with E-state index in [2.05, 4.69) is 86.6 Å². The van der Waals surface area contributed by atoms with Crippen LogP contribution in [0.2, 0.25) is 0 Å². The normalized spacial score (nSPS) is 11.2. The number of benzene rings is 4. The van der Waals surface area contributed by atoms with Crippen molar-refractivity contribution in [1.82, 2.24) is 0 Å². The summed E-state index contributed by atoms with van der Waals surface area (Å²) in [6.07, 6.45) is 0. The molecule has 4 aromatic carbocycles. The molecule has 0 unspecified atom stereocenters. The molecule has 106 valence electrons. The van der Waals surface area contributed by atoms with Gasteiger partial charge in [-0.1, -0.05) is 72.8 Å². The maximum atomic E-state index is 2.25. The maximum absolute atomic E-state index is 2.25. The topological polar surface area (TPSA) is 0 Å². The van der Waals surface area contributed by atoms with E-state index in [1.54, 1.807) is 0 Å². The molecule has 0 heterocycles. The molecule has 0 amide bonds. The zero-order valence-corrected chi connectivity index (χ0v) is 12.9. The maximum Gasteiger partial charge on any atom is -0.00759 e. The minimum atomic E-state index is 1.31. The Morgan fingerprint density at radius 3 is 1.23 bits per heavy atom. The Labute approximate surface area is 131 Å². The number of hydrogen-bond donors (Lipinski definition) is 0. The fourth-order valence-electron chi connectivity index (χ4n) is 3.51. The van der Waals surface area contributed by atoms with Crippen LogP contribution in [0.15, 0.2) is 72.8 Å². The molecular weight excluding hydrogens is 264 g/mol. The summed E-state index contributed by atoms with van der Waals surface area (Å²) in [5, 5.41) is 5.34. The van der Waals surface area contributed by atoms with Crippen molar-refractivity contribution in [2.45, 2.75) is 13.8 Å². The molecule has 0 nitrogen and oxygen atoms in total. The second-order valence-corrected chi connectivity index (χ2v) is 5.96. The Bertz CT molecular complexity index is 899. The molecule has 0 bridgehead atoms. The molecule has 0 spiro atoms. The molecule has 22 heavy (non-hydrogen) atoms. The van der Waals surface area contributed by atoms with E-state index in [4.69, 9.17) is 0 Å². The number of fused-ring (bicyclic) bond motifs is 2. The standard InChI is InChI=1S/C22H18/c1-15-7-3-9-17-11-5-13-19(21(15)17)20-14-6-12-18-10-4-8-16(2)22(18)20/h3-14H,1-2H3. The van der Waals surface area contributed by atoms with Gasteiger partial charge >= 0.3 is 0 Å². The van der Waals surface area contributed by atoms with Crippen LogP contribution in [0.25, 0.3) is 32.7 Å². The smallest absolute Gasteiger partial charge is 0.00759 e. The molecule has 0 aromatic heterocycles. The van der Waals surface area contributed by atoms with Crippen LogP contribution >= 0.6 is 0 Å². The van der Waals surface area contributed by atoms with Crippen LogP contribution in [0.3, 0.4) is 0 Å². The molecule has 4 rings (SSSR count). The van der Waals surface area contributed by atoms with E-state index < -0.39 is 0 Å². The summed E-state index contributed by atoms with van der Waals surface area (Å²) in [5.74, 6) is 0. The van der Waals surface area contributed by atoms with Gasteiger partial charge in [-0.2, -0.15) is 0 Å². The highest BCUT2D eigenvalue weighted by atomic mass is 14.1. The lowest BCUT2D eigenvalue weighted by atomic mass is 9.90. The molecule has 0 saturated carbocycles. The van der Waals surface area contributed by atoms with Crippen LogP contribution in [0.1, 0.15) is 11.1 Å². The predicted octanol–water partition coefficient (Wildman–Crippen LogP) is 6.28. The van der Waals surface area contributed by atoms with Gasteiger partial charge in [0.25, 0.3) is 0 Å². The van der Waals surface area contributed by atoms with Gasteiger partial charge < -0.3 is 0 Å². The third-order valence-electron chi connectivity index (χ3n) is 4.52. The van der Waals surface area contributed by atoms with Crippen molar-refractivity contribution in [3.05, 3.63) is 83.9 Å². The van der Waals surface area contributed by atoms with Crippen LogP contribution < -0.4 is 0 Å². The molecule has 0 fully saturated rings. The van der Waals surface area contributed by atoms with Crippen LogP contribution in [-0.4, -0.2) is 0 Å². The first-order chi connectivity index (χ1) is 10.8. The molecule has 0 radical (unpaired) electrons. The van der Waals surface area contributed by atoms with E-state index in [-0.39, 0.29) is 0 Å². The van der Waals surface area contributed by atoms with Gasteiger partial charge in [-0.15, -0.1) is 0 Å². The van der Waals surface area contributed by atoms with Crippen molar-refractivity contribution >= 4 is 21.5 Å². The van der Waals surface area contributed by atoms with Gasteiger partial charge in [0.2, 0.25) is 0 Å². The lowest BCUT2D eigenvalue weighted by molar-refractivity contribution is 1.51. The third kappa shape index (κ3) is 1.92. The van der Waals surface area contributed by atoms with Crippen molar-refractivity contribution in [3.63, 3.8) is 0 Å². The Balaban J connectivity index is 2.17. The predicted molar refractivity (Wildman–Crippen MR) is 96.4 cm³/mol. The molecule has 0 N–H and O–H groups in total. The van der Waals surface area contributed by atoms with Crippen molar-refractivity contribution in [2.75, 3.05) is 0 Å². The van der Waals surface area contributed by atoms with Crippen LogP contribution in [0, 0.1) is 13.8 Å². The number of aryl methyl sites for hydroxylation is 2. The first kappa shape index (κ1) is 13.1. The average Bonchev–Trinajstić information content (AvgIpc) is 2.54. The summed E-state index contributed by atoms with van der Waals surface area (Å²) in [5.41, 5.74) is 5.32. The molecule has 0 aliphatic carbocycles. The summed E-state index contributed by atoms with van der Waals surface area (Å²) >= 11 is 0. The van der Waals surface area contributed by atoms with E-state index in [0.29, 0.717) is 0 Å². The average molecular weight is 282 g/mol. The monoisotopic (exact) mass is 282 g/mol. The van der Waals surface area contributed by atoms with Crippen molar-refractivity contribution in [2.24, 2.45) is 0 Å². The highest BCUT2D eigenvalue weighted by Crippen LogP contribution is 2.36. The Hall–Kier alpha value is -2.60. The summed E-state index contributed by atoms with van der Waals surface area (Å²) in [6, 6.07) is 26.3. The van der Waals surface area contributed by atoms with Gasteiger partial charge in [0.1, 0.15) is 0 Å². The first-order valence-corrected chi connectivity index (χ1v) is 7.73. The van der Waals surface area contributed by atoms with Crippen molar-refractivity contribution in [3.8, 4) is 11.1 Å². The molecule has 0 heteroatoms. The minimum absolute atomic E-state index is 1.31. The summed E-state index contributed by atoms with van der Waals surface area (Å²) in [6.45, 7) is 4.40. The summed E-state index contributed by atoms with van der Waals surface area (Å²) < 4.78 is 0. The fraction of sp³-hybridized carbons (Fsp3) is 0.0909. The van der Waals surface area contributed by atoms with Gasteiger partial charge in [0, 0.05) is 0 Å². The van der Waals surface area contributed by atoms with Crippen LogP contribution in [-0.2, 0) is 0 Å². The summed E-state index contributed by atoms with van der Waals surface area (Å²) in [4.78, 5) is 0. The van der Waals surface area contributed by atoms with Crippen LogP contribution in [0.4, 0.5) is 0 Å². The highest BCUT2D eigenvalue weighted by molar-refractivity contribution is 6.07. The van der Waals surface area contributed by atoms with E-state index in [1.807, 2.05) is 0 Å². The zero-order valence-electron chi connectivity index (χ0n) is 12.9. The Kier molecular flexibility index (Phi) is 2.97. The van der Waals surface area contributed by atoms with E-state index >= 15 is 0 Å². The Morgan fingerprint density at radius 1 is 0.455 bits per heavy atom. The molecule has 4 aromatic rings. The lowest BCUT2D eigenvalue weighted by Crippen LogP contribution is -1.88. The minimum Gasteiger partial charge on any atom is -0.0614 e. The van der Waals surface area contributed by atoms with Crippen LogP contribution in [0.5, 0.6) is 0 Å². The molecule has 0 aliphatic heterocycles. The molecule has 0 aliphatic rings. The second-order valence-electron chi connectivity index (χ2n) is 5.96. The zero-order chi connectivity index (χ0) is 15.1. The van der Waals surface area contributed by atoms with Crippen molar-refractivity contribution < 1.29 is 0 Å². The highest BCUT2D eigenvalue weighted by Gasteiger charge is 2.10. The quantitative estimate of drug-likeness (QED) is 0.385. The lowest BCUT2D eigenvalue weighted by Gasteiger charge is -2.13.